The molecule has 2 aliphatic heterocycles. The van der Waals surface area contributed by atoms with Crippen LogP contribution in [0.15, 0.2) is 36.4 Å². The number of fused-ring (bicyclic) bond motifs is 2. The van der Waals surface area contributed by atoms with Crippen molar-refractivity contribution in [3.05, 3.63) is 47.5 Å². The highest BCUT2D eigenvalue weighted by Crippen LogP contribution is 2.34. The van der Waals surface area contributed by atoms with E-state index in [1.165, 1.54) is 0 Å². The molecule has 2 aromatic carbocycles. The molecule has 0 N–H and O–H groups in total. The molecule has 0 bridgehead atoms. The Balaban J connectivity index is 1.43. The second kappa shape index (κ2) is 7.78. The van der Waals surface area contributed by atoms with Crippen molar-refractivity contribution in [2.45, 2.75) is 25.8 Å². The van der Waals surface area contributed by atoms with Gasteiger partial charge in [-0.1, -0.05) is 18.2 Å². The average Bonchev–Trinajstić information content (AvgIpc) is 3.14. The summed E-state index contributed by atoms with van der Waals surface area (Å²) in [5.41, 5.74) is 2.05. The van der Waals surface area contributed by atoms with Gasteiger partial charge < -0.3 is 23.8 Å². The first-order valence-corrected chi connectivity index (χ1v) is 9.19. The first-order chi connectivity index (χ1) is 13.2. The summed E-state index contributed by atoms with van der Waals surface area (Å²) >= 11 is 0. The maximum Gasteiger partial charge on any atom is 0.231 e. The van der Waals surface area contributed by atoms with E-state index in [0.29, 0.717) is 38.3 Å². The predicted molar refractivity (Wildman–Crippen MR) is 99.4 cm³/mol. The number of hydrogen-bond donors (Lipinski definition) is 0. The normalized spacial score (nSPS) is 15.4. The van der Waals surface area contributed by atoms with Crippen LogP contribution in [-0.4, -0.2) is 37.9 Å². The summed E-state index contributed by atoms with van der Waals surface area (Å²) in [6.45, 7) is 2.05. The number of carbonyl (C=O) groups is 1. The highest BCUT2D eigenvalue weighted by atomic mass is 16.7. The minimum absolute atomic E-state index is 0.142. The Morgan fingerprint density at radius 3 is 2.93 bits per heavy atom. The fourth-order valence-corrected chi connectivity index (χ4v) is 3.44. The van der Waals surface area contributed by atoms with Crippen LogP contribution in [0.2, 0.25) is 0 Å². The van der Waals surface area contributed by atoms with Crippen LogP contribution in [0.5, 0.6) is 23.0 Å². The molecule has 6 nitrogen and oxygen atoms in total. The van der Waals surface area contributed by atoms with Gasteiger partial charge in [-0.05, 0) is 36.6 Å². The van der Waals surface area contributed by atoms with Crippen LogP contribution in [0.25, 0.3) is 0 Å². The number of nitrogens with zero attached hydrogens (tertiary/aromatic N) is 1. The van der Waals surface area contributed by atoms with Crippen molar-refractivity contribution in [2.75, 3.05) is 27.1 Å². The molecule has 0 radical (unpaired) electrons. The van der Waals surface area contributed by atoms with Gasteiger partial charge in [0.05, 0.1) is 13.7 Å². The summed E-state index contributed by atoms with van der Waals surface area (Å²) in [5.74, 6) is 3.11. The lowest BCUT2D eigenvalue weighted by molar-refractivity contribution is -0.132. The van der Waals surface area contributed by atoms with Gasteiger partial charge in [-0.25, -0.2) is 0 Å². The summed E-state index contributed by atoms with van der Waals surface area (Å²) < 4.78 is 22.0. The Bertz CT molecular complexity index is 835. The zero-order chi connectivity index (χ0) is 18.6. The molecule has 4 rings (SSSR count). The summed E-state index contributed by atoms with van der Waals surface area (Å²) in [5, 5.41) is 0. The molecule has 0 unspecified atom stereocenters. The first-order valence-electron chi connectivity index (χ1n) is 9.19. The topological polar surface area (TPSA) is 57.2 Å². The molecule has 6 heteroatoms. The van der Waals surface area contributed by atoms with Crippen molar-refractivity contribution in [1.82, 2.24) is 4.90 Å². The lowest BCUT2D eigenvalue weighted by Crippen LogP contribution is -2.33. The molecule has 0 aliphatic carbocycles. The van der Waals surface area contributed by atoms with E-state index < -0.39 is 0 Å². The lowest BCUT2D eigenvalue weighted by atomic mass is 10.1. The molecular weight excluding hydrogens is 346 g/mol. The average molecular weight is 369 g/mol. The van der Waals surface area contributed by atoms with Crippen LogP contribution >= 0.6 is 0 Å². The minimum Gasteiger partial charge on any atom is -0.493 e. The number of methoxy groups -OCH3 is 1. The van der Waals surface area contributed by atoms with Crippen molar-refractivity contribution in [3.8, 4) is 23.0 Å². The quantitative estimate of drug-likeness (QED) is 0.829. The summed E-state index contributed by atoms with van der Waals surface area (Å²) in [4.78, 5) is 14.7. The molecule has 0 saturated carbocycles. The van der Waals surface area contributed by atoms with E-state index in [9.17, 15) is 4.79 Å². The molecule has 0 saturated heterocycles. The molecule has 0 atom stereocenters. The molecule has 0 spiro atoms. The van der Waals surface area contributed by atoms with Crippen molar-refractivity contribution in [2.24, 2.45) is 0 Å². The summed E-state index contributed by atoms with van der Waals surface area (Å²) in [7, 11) is 1.63. The maximum absolute atomic E-state index is 12.8. The Labute approximate surface area is 158 Å². The molecule has 2 heterocycles. The predicted octanol–water partition coefficient (Wildman–Crippen LogP) is 3.17. The van der Waals surface area contributed by atoms with E-state index in [1.807, 2.05) is 41.3 Å². The first kappa shape index (κ1) is 17.5. The zero-order valence-electron chi connectivity index (χ0n) is 15.4. The number of benzene rings is 2. The second-order valence-electron chi connectivity index (χ2n) is 6.65. The molecule has 0 fully saturated rings. The largest absolute Gasteiger partial charge is 0.493 e. The third kappa shape index (κ3) is 3.79. The third-order valence-electron chi connectivity index (χ3n) is 4.88. The number of carbonyl (C=O) groups excluding carboxylic acids is 1. The van der Waals surface area contributed by atoms with Gasteiger partial charge in [-0.2, -0.15) is 0 Å². The minimum atomic E-state index is 0.142. The van der Waals surface area contributed by atoms with Gasteiger partial charge in [0.25, 0.3) is 0 Å². The Morgan fingerprint density at radius 2 is 2.04 bits per heavy atom. The van der Waals surface area contributed by atoms with Crippen LogP contribution in [-0.2, 0) is 17.8 Å². The van der Waals surface area contributed by atoms with Crippen LogP contribution < -0.4 is 18.9 Å². The van der Waals surface area contributed by atoms with E-state index in [2.05, 4.69) is 0 Å². The molecule has 27 heavy (non-hydrogen) atoms. The van der Waals surface area contributed by atoms with E-state index >= 15 is 0 Å². The molecule has 1 amide bonds. The maximum atomic E-state index is 12.8. The standard InChI is InChI=1S/C21H23NO5/c1-24-18-5-2-4-16-13-22(10-3-11-25-21(16)18)20(23)9-7-15-6-8-17-19(12-15)27-14-26-17/h2,4-6,8,12H,3,7,9-11,13-14H2,1H3. The number of aryl methyl sites for hydroxylation is 1. The zero-order valence-corrected chi connectivity index (χ0v) is 15.4. The number of hydrogen-bond acceptors (Lipinski definition) is 5. The monoisotopic (exact) mass is 369 g/mol. The highest BCUT2D eigenvalue weighted by Gasteiger charge is 2.21. The Kier molecular flexibility index (Phi) is 5.05. The number of ether oxygens (including phenoxy) is 4. The fourth-order valence-electron chi connectivity index (χ4n) is 3.44. The lowest BCUT2D eigenvalue weighted by Gasteiger charge is -2.27. The van der Waals surface area contributed by atoms with Gasteiger partial charge in [-0.15, -0.1) is 0 Å². The molecule has 2 aromatic rings. The Morgan fingerprint density at radius 1 is 1.15 bits per heavy atom. The molecule has 142 valence electrons. The van der Waals surface area contributed by atoms with E-state index in [-0.39, 0.29) is 12.7 Å². The molecule has 2 aliphatic rings. The Hall–Kier alpha value is -2.89. The van der Waals surface area contributed by atoms with Gasteiger partial charge in [0.2, 0.25) is 12.7 Å². The SMILES string of the molecule is COc1cccc2c1OCCCN(C(=O)CCc1ccc3c(c1)OCO3)C2. The van der Waals surface area contributed by atoms with E-state index in [4.69, 9.17) is 18.9 Å². The van der Waals surface area contributed by atoms with Gasteiger partial charge in [0, 0.05) is 25.1 Å². The van der Waals surface area contributed by atoms with Gasteiger partial charge >= 0.3 is 0 Å². The van der Waals surface area contributed by atoms with E-state index in [0.717, 1.165) is 34.8 Å². The van der Waals surface area contributed by atoms with Crippen LogP contribution in [0.1, 0.15) is 24.0 Å². The van der Waals surface area contributed by atoms with Crippen LogP contribution in [0.4, 0.5) is 0 Å². The molecule has 0 aromatic heterocycles. The van der Waals surface area contributed by atoms with Crippen LogP contribution in [0.3, 0.4) is 0 Å². The number of rotatable bonds is 4. The fraction of sp³-hybridized carbons (Fsp3) is 0.381. The number of para-hydroxylation sites is 1. The van der Waals surface area contributed by atoms with Crippen LogP contribution in [0, 0.1) is 0 Å². The number of amides is 1. The van der Waals surface area contributed by atoms with Gasteiger partial charge in [0.15, 0.2) is 23.0 Å². The van der Waals surface area contributed by atoms with Crippen molar-refractivity contribution >= 4 is 5.91 Å². The van der Waals surface area contributed by atoms with Crippen molar-refractivity contribution in [3.63, 3.8) is 0 Å². The second-order valence-corrected chi connectivity index (χ2v) is 6.65. The van der Waals surface area contributed by atoms with E-state index in [1.54, 1.807) is 7.11 Å². The highest BCUT2D eigenvalue weighted by molar-refractivity contribution is 5.76. The summed E-state index contributed by atoms with van der Waals surface area (Å²) in [6, 6.07) is 11.6. The summed E-state index contributed by atoms with van der Waals surface area (Å²) in [6.07, 6.45) is 1.93. The smallest absolute Gasteiger partial charge is 0.231 e. The van der Waals surface area contributed by atoms with Gasteiger partial charge in [0.1, 0.15) is 0 Å². The van der Waals surface area contributed by atoms with Crippen molar-refractivity contribution < 1.29 is 23.7 Å². The molecular formula is C21H23NO5. The third-order valence-corrected chi connectivity index (χ3v) is 4.88. The van der Waals surface area contributed by atoms with Gasteiger partial charge in [-0.3, -0.25) is 4.79 Å². The van der Waals surface area contributed by atoms with Crippen molar-refractivity contribution in [1.29, 1.82) is 0 Å².